The van der Waals surface area contributed by atoms with E-state index in [0.29, 0.717) is 13.1 Å². The van der Waals surface area contributed by atoms with Gasteiger partial charge < -0.3 is 14.8 Å². The van der Waals surface area contributed by atoms with Gasteiger partial charge >= 0.3 is 11.9 Å². The largest absolute Gasteiger partial charge is 0.469 e. The molecule has 3 aromatic carbocycles. The molecule has 0 saturated heterocycles. The van der Waals surface area contributed by atoms with E-state index >= 15 is 0 Å². The van der Waals surface area contributed by atoms with Crippen molar-refractivity contribution >= 4 is 17.8 Å². The molecular formula is C28H30N2O5. The second-order valence-electron chi connectivity index (χ2n) is 8.05. The van der Waals surface area contributed by atoms with Gasteiger partial charge in [0.05, 0.1) is 20.6 Å². The summed E-state index contributed by atoms with van der Waals surface area (Å²) in [6, 6.07) is 27.2. The summed E-state index contributed by atoms with van der Waals surface area (Å²) in [7, 11) is 2.44. The number of hydrogen-bond donors (Lipinski definition) is 1. The van der Waals surface area contributed by atoms with Gasteiger partial charge in [-0.15, -0.1) is 0 Å². The van der Waals surface area contributed by atoms with Gasteiger partial charge in [0.15, 0.2) is 0 Å². The topological polar surface area (TPSA) is 84.9 Å². The van der Waals surface area contributed by atoms with Crippen LogP contribution in [0.2, 0.25) is 0 Å². The molecule has 3 rings (SSSR count). The lowest BCUT2D eigenvalue weighted by atomic mass is 10.0. The minimum absolute atomic E-state index is 0.326. The highest BCUT2D eigenvalue weighted by Crippen LogP contribution is 2.26. The Morgan fingerprint density at radius 2 is 1.23 bits per heavy atom. The first-order chi connectivity index (χ1) is 17.0. The maximum Gasteiger partial charge on any atom is 0.328 e. The molecule has 7 nitrogen and oxygen atoms in total. The number of methoxy groups -OCH3 is 2. The SMILES string of the molecule is COC(=O)C[C@H](NC(=O)[C@@H](c1ccccc1)N(Cc1ccccc1)Cc1ccccc1)C(=O)OC. The standard InChI is InChI=1S/C28H30N2O5/c1-34-25(31)18-24(28(33)35-2)29-27(32)26(23-16-10-5-11-17-23)30(19-21-12-6-3-7-13-21)20-22-14-8-4-9-15-22/h3-17,24,26H,18-20H2,1-2H3,(H,29,32)/t24-,26+/m0/s1. The molecule has 35 heavy (non-hydrogen) atoms. The summed E-state index contributed by atoms with van der Waals surface area (Å²) in [5.74, 6) is -1.75. The van der Waals surface area contributed by atoms with E-state index in [1.165, 1.54) is 14.2 Å². The third kappa shape index (κ3) is 7.52. The van der Waals surface area contributed by atoms with E-state index in [1.54, 1.807) is 0 Å². The highest BCUT2D eigenvalue weighted by atomic mass is 16.5. The summed E-state index contributed by atoms with van der Waals surface area (Å²) in [5.41, 5.74) is 2.84. The Balaban J connectivity index is 1.98. The molecule has 0 radical (unpaired) electrons. The molecule has 182 valence electrons. The minimum Gasteiger partial charge on any atom is -0.469 e. The minimum atomic E-state index is -1.17. The number of esters is 2. The van der Waals surface area contributed by atoms with Crippen LogP contribution in [0.3, 0.4) is 0 Å². The number of rotatable bonds is 11. The fourth-order valence-electron chi connectivity index (χ4n) is 3.87. The smallest absolute Gasteiger partial charge is 0.328 e. The van der Waals surface area contributed by atoms with Crippen LogP contribution in [-0.2, 0) is 36.9 Å². The van der Waals surface area contributed by atoms with E-state index in [-0.39, 0.29) is 6.42 Å². The number of hydrogen-bond acceptors (Lipinski definition) is 6. The summed E-state index contributed by atoms with van der Waals surface area (Å²) in [4.78, 5) is 40.0. The molecule has 7 heteroatoms. The van der Waals surface area contributed by atoms with Crippen molar-refractivity contribution in [2.45, 2.75) is 31.6 Å². The molecule has 0 aliphatic rings. The maximum absolute atomic E-state index is 13.8. The molecule has 0 aliphatic heterocycles. The lowest BCUT2D eigenvalue weighted by molar-refractivity contribution is -0.151. The van der Waals surface area contributed by atoms with E-state index in [9.17, 15) is 14.4 Å². The summed E-state index contributed by atoms with van der Waals surface area (Å²) < 4.78 is 9.52. The fourth-order valence-corrected chi connectivity index (χ4v) is 3.87. The van der Waals surface area contributed by atoms with Crippen molar-refractivity contribution in [1.29, 1.82) is 0 Å². The Morgan fingerprint density at radius 3 is 1.69 bits per heavy atom. The normalized spacial score (nSPS) is 12.4. The van der Waals surface area contributed by atoms with E-state index in [1.807, 2.05) is 95.9 Å². The van der Waals surface area contributed by atoms with E-state index in [0.717, 1.165) is 16.7 Å². The molecular weight excluding hydrogens is 444 g/mol. The highest BCUT2D eigenvalue weighted by molar-refractivity contribution is 5.90. The van der Waals surface area contributed by atoms with Gasteiger partial charge in [0, 0.05) is 13.1 Å². The summed E-state index contributed by atoms with van der Waals surface area (Å²) in [5, 5.41) is 2.73. The van der Waals surface area contributed by atoms with Crippen molar-refractivity contribution in [2.75, 3.05) is 14.2 Å². The summed E-state index contributed by atoms with van der Waals surface area (Å²) >= 11 is 0. The monoisotopic (exact) mass is 474 g/mol. The molecule has 3 aromatic rings. The van der Waals surface area contributed by atoms with Crippen molar-refractivity contribution in [2.24, 2.45) is 0 Å². The predicted octanol–water partition coefficient (Wildman–Crippen LogP) is 3.65. The highest BCUT2D eigenvalue weighted by Gasteiger charge is 2.33. The van der Waals surface area contributed by atoms with E-state index < -0.39 is 29.9 Å². The van der Waals surface area contributed by atoms with Crippen molar-refractivity contribution in [3.63, 3.8) is 0 Å². The molecule has 0 unspecified atom stereocenters. The number of nitrogens with one attached hydrogen (secondary N) is 1. The van der Waals surface area contributed by atoms with Gasteiger partial charge in [0.25, 0.3) is 0 Å². The van der Waals surface area contributed by atoms with E-state index in [2.05, 4.69) is 5.32 Å². The first-order valence-electron chi connectivity index (χ1n) is 11.3. The fraction of sp³-hybridized carbons (Fsp3) is 0.250. The number of carbonyl (C=O) groups excluding carboxylic acids is 3. The Kier molecular flexibility index (Phi) is 9.57. The second kappa shape index (κ2) is 13.1. The molecule has 0 aromatic heterocycles. The molecule has 0 fully saturated rings. The van der Waals surface area contributed by atoms with Crippen LogP contribution in [0, 0.1) is 0 Å². The molecule has 1 N–H and O–H groups in total. The van der Waals surface area contributed by atoms with Crippen LogP contribution in [0.25, 0.3) is 0 Å². The van der Waals surface area contributed by atoms with Crippen LogP contribution in [0.15, 0.2) is 91.0 Å². The van der Waals surface area contributed by atoms with Crippen LogP contribution in [0.1, 0.15) is 29.2 Å². The third-order valence-electron chi connectivity index (χ3n) is 5.59. The molecule has 0 aliphatic carbocycles. The lowest BCUT2D eigenvalue weighted by Crippen LogP contribution is -2.48. The quantitative estimate of drug-likeness (QED) is 0.427. The van der Waals surface area contributed by atoms with Gasteiger partial charge in [0.2, 0.25) is 5.91 Å². The number of nitrogens with zero attached hydrogens (tertiary/aromatic N) is 1. The summed E-state index contributed by atoms with van der Waals surface area (Å²) in [6.45, 7) is 0.977. The molecule has 0 spiro atoms. The van der Waals surface area contributed by atoms with Crippen LogP contribution < -0.4 is 5.32 Å². The number of carbonyl (C=O) groups is 3. The van der Waals surface area contributed by atoms with Gasteiger partial charge in [-0.25, -0.2) is 4.79 Å². The zero-order valence-corrected chi connectivity index (χ0v) is 19.9. The average Bonchev–Trinajstić information content (AvgIpc) is 2.89. The number of benzene rings is 3. The van der Waals surface area contributed by atoms with Gasteiger partial charge in [-0.1, -0.05) is 91.0 Å². The van der Waals surface area contributed by atoms with Crippen molar-refractivity contribution in [3.05, 3.63) is 108 Å². The Labute approximate surface area is 205 Å². The van der Waals surface area contributed by atoms with E-state index in [4.69, 9.17) is 9.47 Å². The zero-order valence-electron chi connectivity index (χ0n) is 19.9. The average molecular weight is 475 g/mol. The van der Waals surface area contributed by atoms with Gasteiger partial charge in [0.1, 0.15) is 12.1 Å². The first kappa shape index (κ1) is 25.6. The number of ether oxygens (including phenoxy) is 2. The van der Waals surface area contributed by atoms with Crippen LogP contribution in [0.5, 0.6) is 0 Å². The van der Waals surface area contributed by atoms with Crippen molar-refractivity contribution in [1.82, 2.24) is 10.2 Å². The Bertz CT molecular complexity index is 1050. The first-order valence-corrected chi connectivity index (χ1v) is 11.3. The van der Waals surface area contributed by atoms with Gasteiger partial charge in [-0.2, -0.15) is 0 Å². The van der Waals surface area contributed by atoms with Gasteiger partial charge in [-0.05, 0) is 16.7 Å². The zero-order chi connectivity index (χ0) is 25.0. The second-order valence-corrected chi connectivity index (χ2v) is 8.05. The Hall–Kier alpha value is -3.97. The molecule has 1 amide bonds. The number of amides is 1. The molecule has 0 heterocycles. The molecule has 2 atom stereocenters. The predicted molar refractivity (Wildman–Crippen MR) is 132 cm³/mol. The summed E-state index contributed by atoms with van der Waals surface area (Å²) in [6.07, 6.45) is -0.326. The van der Waals surface area contributed by atoms with Crippen LogP contribution >= 0.6 is 0 Å². The van der Waals surface area contributed by atoms with Crippen molar-refractivity contribution in [3.8, 4) is 0 Å². The Morgan fingerprint density at radius 1 is 0.743 bits per heavy atom. The third-order valence-corrected chi connectivity index (χ3v) is 5.59. The van der Waals surface area contributed by atoms with Crippen LogP contribution in [-0.4, -0.2) is 43.0 Å². The maximum atomic E-state index is 13.8. The lowest BCUT2D eigenvalue weighted by Gasteiger charge is -2.32. The van der Waals surface area contributed by atoms with Gasteiger partial charge in [-0.3, -0.25) is 14.5 Å². The molecule has 0 saturated carbocycles. The van der Waals surface area contributed by atoms with Crippen molar-refractivity contribution < 1.29 is 23.9 Å². The molecule has 0 bridgehead atoms. The van der Waals surface area contributed by atoms with Crippen LogP contribution in [0.4, 0.5) is 0 Å².